The molecule has 1 amide bonds. The number of nitrogens with zero attached hydrogens (tertiary/aromatic N) is 2. The van der Waals surface area contributed by atoms with E-state index in [1.165, 1.54) is 25.7 Å². The average molecular weight is 344 g/mol. The summed E-state index contributed by atoms with van der Waals surface area (Å²) in [5, 5.41) is 9.62. The first kappa shape index (κ1) is 18.2. The number of rotatable bonds is 4. The Morgan fingerprint density at radius 2 is 1.68 bits per heavy atom. The van der Waals surface area contributed by atoms with Crippen molar-refractivity contribution < 1.29 is 9.90 Å². The molecule has 1 aromatic carbocycles. The minimum Gasteiger partial charge on any atom is -0.393 e. The minimum atomic E-state index is -0.159. The quantitative estimate of drug-likeness (QED) is 0.908. The van der Waals surface area contributed by atoms with E-state index in [1.807, 2.05) is 36.2 Å². The summed E-state index contributed by atoms with van der Waals surface area (Å²) in [6.45, 7) is 4.97. The lowest BCUT2D eigenvalue weighted by atomic mass is 9.83. The van der Waals surface area contributed by atoms with Crippen molar-refractivity contribution >= 4 is 11.6 Å². The number of carbonyl (C=O) groups excluding carboxylic acids is 1. The molecule has 0 radical (unpaired) electrons. The number of hydrogen-bond acceptors (Lipinski definition) is 3. The van der Waals surface area contributed by atoms with Crippen molar-refractivity contribution in [3.63, 3.8) is 0 Å². The van der Waals surface area contributed by atoms with E-state index in [0.29, 0.717) is 5.92 Å². The van der Waals surface area contributed by atoms with E-state index in [1.54, 1.807) is 0 Å². The summed E-state index contributed by atoms with van der Waals surface area (Å²) in [4.78, 5) is 16.9. The van der Waals surface area contributed by atoms with Gasteiger partial charge in [-0.3, -0.25) is 4.79 Å². The Morgan fingerprint density at radius 1 is 1.08 bits per heavy atom. The maximum Gasteiger partial charge on any atom is 0.253 e. The van der Waals surface area contributed by atoms with Crippen molar-refractivity contribution in [2.45, 2.75) is 51.6 Å². The monoisotopic (exact) mass is 344 g/mol. The van der Waals surface area contributed by atoms with Crippen LogP contribution < -0.4 is 4.90 Å². The first-order valence-corrected chi connectivity index (χ1v) is 9.81. The Hall–Kier alpha value is -1.55. The van der Waals surface area contributed by atoms with Crippen molar-refractivity contribution in [3.8, 4) is 0 Å². The summed E-state index contributed by atoms with van der Waals surface area (Å²) in [5.74, 6) is 1.63. The van der Waals surface area contributed by atoms with Crippen LogP contribution in [0.1, 0.15) is 55.8 Å². The molecule has 4 nitrogen and oxygen atoms in total. The summed E-state index contributed by atoms with van der Waals surface area (Å²) in [5.41, 5.74) is 1.92. The topological polar surface area (TPSA) is 43.8 Å². The van der Waals surface area contributed by atoms with Crippen molar-refractivity contribution in [2.24, 2.45) is 11.8 Å². The van der Waals surface area contributed by atoms with Gasteiger partial charge in [-0.1, -0.05) is 19.8 Å². The van der Waals surface area contributed by atoms with E-state index in [0.717, 1.165) is 49.6 Å². The first-order valence-electron chi connectivity index (χ1n) is 9.81. The van der Waals surface area contributed by atoms with Crippen molar-refractivity contribution in [1.29, 1.82) is 0 Å². The van der Waals surface area contributed by atoms with Crippen molar-refractivity contribution in [1.82, 2.24) is 4.90 Å². The smallest absolute Gasteiger partial charge is 0.253 e. The predicted octanol–water partition coefficient (Wildman–Crippen LogP) is 3.55. The Balaban J connectivity index is 1.55. The summed E-state index contributed by atoms with van der Waals surface area (Å²) >= 11 is 0. The van der Waals surface area contributed by atoms with Crippen LogP contribution >= 0.6 is 0 Å². The number of benzene rings is 1. The number of aliphatic hydroxyl groups is 1. The molecule has 0 unspecified atom stereocenters. The number of amides is 1. The van der Waals surface area contributed by atoms with Crippen molar-refractivity contribution in [3.05, 3.63) is 29.8 Å². The number of piperidine rings is 1. The van der Waals surface area contributed by atoms with E-state index in [-0.39, 0.29) is 12.0 Å². The lowest BCUT2D eigenvalue weighted by Crippen LogP contribution is -2.36. The van der Waals surface area contributed by atoms with Gasteiger partial charge in [-0.2, -0.15) is 0 Å². The molecule has 4 heteroatoms. The summed E-state index contributed by atoms with van der Waals surface area (Å²) < 4.78 is 0. The molecular weight excluding hydrogens is 312 g/mol. The second-order valence-electron chi connectivity index (χ2n) is 8.08. The summed E-state index contributed by atoms with van der Waals surface area (Å²) in [6.07, 6.45) is 6.58. The van der Waals surface area contributed by atoms with Gasteiger partial charge in [-0.05, 0) is 61.8 Å². The SMILES string of the molecule is CC1CCC(CN(C)C(=O)c2ccc(N3CCC(O)CC3)cc2)CC1. The van der Waals surface area contributed by atoms with Gasteiger partial charge < -0.3 is 14.9 Å². The molecule has 1 aliphatic carbocycles. The molecule has 138 valence electrons. The van der Waals surface area contributed by atoms with Crippen LogP contribution in [0.15, 0.2) is 24.3 Å². The van der Waals surface area contributed by atoms with E-state index in [4.69, 9.17) is 0 Å². The van der Waals surface area contributed by atoms with E-state index in [2.05, 4.69) is 11.8 Å². The van der Waals surface area contributed by atoms with E-state index >= 15 is 0 Å². The van der Waals surface area contributed by atoms with Gasteiger partial charge in [0.2, 0.25) is 0 Å². The van der Waals surface area contributed by atoms with E-state index < -0.39 is 0 Å². The van der Waals surface area contributed by atoms with Gasteiger partial charge in [0, 0.05) is 37.9 Å². The van der Waals surface area contributed by atoms with Crippen LogP contribution in [0.2, 0.25) is 0 Å². The highest BCUT2D eigenvalue weighted by molar-refractivity contribution is 5.94. The molecule has 0 spiro atoms. The van der Waals surface area contributed by atoms with Crippen LogP contribution in [0.25, 0.3) is 0 Å². The summed E-state index contributed by atoms with van der Waals surface area (Å²) in [6, 6.07) is 7.98. The molecule has 0 atom stereocenters. The van der Waals surface area contributed by atoms with Gasteiger partial charge in [0.05, 0.1) is 6.10 Å². The highest BCUT2D eigenvalue weighted by Crippen LogP contribution is 2.29. The molecule has 1 aromatic rings. The Kier molecular flexibility index (Phi) is 6.00. The molecule has 1 aliphatic heterocycles. The van der Waals surface area contributed by atoms with Gasteiger partial charge >= 0.3 is 0 Å². The van der Waals surface area contributed by atoms with Crippen LogP contribution in [0.3, 0.4) is 0 Å². The molecule has 0 aromatic heterocycles. The molecule has 1 N–H and O–H groups in total. The molecule has 0 bridgehead atoms. The molecule has 1 heterocycles. The highest BCUT2D eigenvalue weighted by Gasteiger charge is 2.22. The normalized spacial score (nSPS) is 25.0. The fourth-order valence-corrected chi connectivity index (χ4v) is 4.14. The molecule has 25 heavy (non-hydrogen) atoms. The molecular formula is C21H32N2O2. The second-order valence-corrected chi connectivity index (χ2v) is 8.08. The van der Waals surface area contributed by atoms with Gasteiger partial charge in [-0.25, -0.2) is 0 Å². The fourth-order valence-electron chi connectivity index (χ4n) is 4.14. The molecule has 1 saturated heterocycles. The Morgan fingerprint density at radius 3 is 2.28 bits per heavy atom. The third-order valence-electron chi connectivity index (χ3n) is 5.96. The largest absolute Gasteiger partial charge is 0.393 e. The van der Waals surface area contributed by atoms with E-state index in [9.17, 15) is 9.90 Å². The zero-order valence-corrected chi connectivity index (χ0v) is 15.7. The predicted molar refractivity (Wildman–Crippen MR) is 102 cm³/mol. The van der Waals surface area contributed by atoms with Crippen LogP contribution in [0.4, 0.5) is 5.69 Å². The van der Waals surface area contributed by atoms with Crippen molar-refractivity contribution in [2.75, 3.05) is 31.6 Å². The maximum absolute atomic E-state index is 12.7. The van der Waals surface area contributed by atoms with Crippen LogP contribution in [-0.4, -0.2) is 48.7 Å². The minimum absolute atomic E-state index is 0.124. The Bertz CT molecular complexity index is 556. The highest BCUT2D eigenvalue weighted by atomic mass is 16.3. The first-order chi connectivity index (χ1) is 12.0. The van der Waals surface area contributed by atoms with Gasteiger partial charge in [0.25, 0.3) is 5.91 Å². The number of aliphatic hydroxyl groups excluding tert-OH is 1. The van der Waals surface area contributed by atoms with Gasteiger partial charge in [0.1, 0.15) is 0 Å². The average Bonchev–Trinajstić information content (AvgIpc) is 2.64. The zero-order valence-electron chi connectivity index (χ0n) is 15.7. The maximum atomic E-state index is 12.7. The fraction of sp³-hybridized carbons (Fsp3) is 0.667. The zero-order chi connectivity index (χ0) is 17.8. The summed E-state index contributed by atoms with van der Waals surface area (Å²) in [7, 11) is 1.93. The Labute approximate surface area is 151 Å². The number of anilines is 1. The molecule has 1 saturated carbocycles. The standard InChI is InChI=1S/C21H32N2O2/c1-16-3-5-17(6-4-16)15-22(2)21(25)18-7-9-19(10-8-18)23-13-11-20(24)12-14-23/h7-10,16-17,20,24H,3-6,11-15H2,1-2H3. The van der Waals surface area contributed by atoms with Crippen LogP contribution in [0, 0.1) is 11.8 Å². The second kappa shape index (κ2) is 8.22. The lowest BCUT2D eigenvalue weighted by Gasteiger charge is -2.32. The molecule has 3 rings (SSSR count). The van der Waals surface area contributed by atoms with Crippen LogP contribution in [0.5, 0.6) is 0 Å². The van der Waals surface area contributed by atoms with Gasteiger partial charge in [-0.15, -0.1) is 0 Å². The number of carbonyl (C=O) groups is 1. The third kappa shape index (κ3) is 4.75. The lowest BCUT2D eigenvalue weighted by molar-refractivity contribution is 0.0755. The van der Waals surface area contributed by atoms with Gasteiger partial charge in [0.15, 0.2) is 0 Å². The van der Waals surface area contributed by atoms with Crippen LogP contribution in [-0.2, 0) is 0 Å². The third-order valence-corrected chi connectivity index (χ3v) is 5.96. The number of hydrogen-bond donors (Lipinski definition) is 1. The molecule has 2 fully saturated rings. The molecule has 2 aliphatic rings.